The van der Waals surface area contributed by atoms with Crippen LogP contribution in [-0.2, 0) is 63.9 Å². The first-order chi connectivity index (χ1) is 29.3. The zero-order valence-electron chi connectivity index (χ0n) is 38.6. The number of unbranched alkanes of at least 4 members (excludes halogenated alkanes) is 1. The van der Waals surface area contributed by atoms with E-state index in [4.69, 9.17) is 23.7 Å². The molecule has 0 aliphatic rings. The van der Waals surface area contributed by atoms with Gasteiger partial charge in [-0.2, -0.15) is 0 Å². The van der Waals surface area contributed by atoms with E-state index in [2.05, 4.69) is 6.07 Å². The summed E-state index contributed by atoms with van der Waals surface area (Å²) in [5.74, 6) is -5.60. The van der Waals surface area contributed by atoms with Crippen LogP contribution in [0.25, 0.3) is 21.5 Å². The van der Waals surface area contributed by atoms with Gasteiger partial charge in [-0.1, -0.05) is 61.9 Å². The fourth-order valence-electron chi connectivity index (χ4n) is 8.61. The molecule has 0 fully saturated rings. The zero-order chi connectivity index (χ0) is 47.4. The standard InChI is InChI=1S/C49H66O14/c1-11-12-21-60-43(57)49(10,30-47(8,28-45(4,5)40(53)54)44(58)62-26-33(3)51)31-48(9,42(56)61-23-22-59-39(52)24-32(2)50)29-46(6,7)41(55)63-27-38-36-19-15-13-17-34(36)25-35-18-14-16-20-37(35)38/h13-20,25,33,51H,11-12,21-24,26-31H2,1-10H3,(H,53,54). The lowest BCUT2D eigenvalue weighted by Crippen LogP contribution is -2.48. The molecule has 2 N–H and O–H groups in total. The average molecular weight is 879 g/mol. The maximum Gasteiger partial charge on any atom is 0.313 e. The van der Waals surface area contributed by atoms with Gasteiger partial charge in [-0.25, -0.2) is 0 Å². The summed E-state index contributed by atoms with van der Waals surface area (Å²) in [7, 11) is 0. The summed E-state index contributed by atoms with van der Waals surface area (Å²) in [4.78, 5) is 93.2. The van der Waals surface area contributed by atoms with Gasteiger partial charge in [-0.3, -0.25) is 33.6 Å². The van der Waals surface area contributed by atoms with Gasteiger partial charge >= 0.3 is 35.8 Å². The predicted molar refractivity (Wildman–Crippen MR) is 235 cm³/mol. The topological polar surface area (TPSA) is 206 Å². The molecule has 0 heterocycles. The van der Waals surface area contributed by atoms with Gasteiger partial charge in [-0.05, 0) is 122 Å². The third-order valence-electron chi connectivity index (χ3n) is 11.2. The second kappa shape index (κ2) is 21.8. The highest BCUT2D eigenvalue weighted by molar-refractivity contribution is 6.02. The van der Waals surface area contributed by atoms with Crippen LogP contribution in [0.5, 0.6) is 0 Å². The molecule has 3 aromatic rings. The monoisotopic (exact) mass is 878 g/mol. The van der Waals surface area contributed by atoms with Crippen LogP contribution in [-0.4, -0.2) is 84.3 Å². The SMILES string of the molecule is CCCCOC(=O)C(C)(CC(C)(CC(C)(C)C(=O)O)C(=O)OCC(C)O)CC(C)(CC(C)(C)C(=O)OCc1c2ccccc2cc2ccccc12)C(=O)OCCOC(=O)CC(C)=O. The van der Waals surface area contributed by atoms with Crippen molar-refractivity contribution in [1.29, 1.82) is 0 Å². The Hall–Kier alpha value is -5.37. The normalized spacial score (nSPS) is 15.2. The van der Waals surface area contributed by atoms with E-state index in [-0.39, 0.29) is 45.5 Å². The zero-order valence-corrected chi connectivity index (χ0v) is 38.6. The molecule has 0 bridgehead atoms. The number of hydrogen-bond donors (Lipinski definition) is 2. The van der Waals surface area contributed by atoms with Crippen molar-refractivity contribution in [2.24, 2.45) is 27.1 Å². The minimum atomic E-state index is -1.73. The van der Waals surface area contributed by atoms with E-state index in [1.54, 1.807) is 13.8 Å². The number of fused-ring (bicyclic) bond motifs is 2. The number of carbonyl (C=O) groups excluding carboxylic acids is 6. The summed E-state index contributed by atoms with van der Waals surface area (Å²) in [5, 5.41) is 23.9. The van der Waals surface area contributed by atoms with E-state index in [9.17, 15) is 43.8 Å². The van der Waals surface area contributed by atoms with Crippen molar-refractivity contribution >= 4 is 63.1 Å². The van der Waals surface area contributed by atoms with Gasteiger partial charge in [0.25, 0.3) is 0 Å². The van der Waals surface area contributed by atoms with Crippen LogP contribution in [0.1, 0.15) is 120 Å². The molecule has 63 heavy (non-hydrogen) atoms. The summed E-state index contributed by atoms with van der Waals surface area (Å²) in [6, 6.07) is 17.6. The van der Waals surface area contributed by atoms with Crippen LogP contribution in [0.2, 0.25) is 0 Å². The molecule has 0 aliphatic heterocycles. The molecule has 0 radical (unpaired) electrons. The Balaban J connectivity index is 2.11. The van der Waals surface area contributed by atoms with Crippen molar-refractivity contribution in [3.05, 3.63) is 60.2 Å². The molecule has 14 nitrogen and oxygen atoms in total. The van der Waals surface area contributed by atoms with Crippen LogP contribution in [0.3, 0.4) is 0 Å². The molecule has 4 unspecified atom stereocenters. The highest BCUT2D eigenvalue weighted by Crippen LogP contribution is 2.51. The lowest BCUT2D eigenvalue weighted by atomic mass is 9.60. The van der Waals surface area contributed by atoms with E-state index in [0.29, 0.717) is 12.8 Å². The number of aliphatic hydroxyl groups excluding tert-OH is 1. The van der Waals surface area contributed by atoms with Gasteiger partial charge in [0.05, 0.1) is 39.8 Å². The molecular weight excluding hydrogens is 813 g/mol. The number of benzene rings is 3. The van der Waals surface area contributed by atoms with Crippen LogP contribution in [0, 0.1) is 27.1 Å². The van der Waals surface area contributed by atoms with Crippen LogP contribution >= 0.6 is 0 Å². The molecule has 0 saturated heterocycles. The fraction of sp³-hybridized carbons (Fsp3) is 0.571. The number of rotatable bonds is 25. The van der Waals surface area contributed by atoms with Crippen LogP contribution in [0.15, 0.2) is 54.6 Å². The first kappa shape index (κ1) is 52.0. The molecule has 3 aromatic carbocycles. The number of ketones is 1. The summed E-state index contributed by atoms with van der Waals surface area (Å²) in [6.45, 7) is 13.9. The first-order valence-corrected chi connectivity index (χ1v) is 21.4. The van der Waals surface area contributed by atoms with Gasteiger partial charge in [0.2, 0.25) is 0 Å². The van der Waals surface area contributed by atoms with Crippen molar-refractivity contribution in [3.63, 3.8) is 0 Å². The number of aliphatic hydroxyl groups is 1. The Bertz CT molecular complexity index is 2080. The minimum absolute atomic E-state index is 0.0161. The number of aliphatic carboxylic acids is 1. The summed E-state index contributed by atoms with van der Waals surface area (Å²) in [5.41, 5.74) is -7.27. The van der Waals surface area contributed by atoms with Gasteiger partial charge in [0, 0.05) is 5.56 Å². The number of ether oxygens (including phenoxy) is 5. The molecule has 0 saturated carbocycles. The molecule has 0 aliphatic carbocycles. The number of hydrogen-bond acceptors (Lipinski definition) is 13. The second-order valence-electron chi connectivity index (χ2n) is 19.0. The van der Waals surface area contributed by atoms with Gasteiger partial charge < -0.3 is 33.9 Å². The number of carbonyl (C=O) groups is 7. The Kier molecular flexibility index (Phi) is 18.0. The fourth-order valence-corrected chi connectivity index (χ4v) is 8.61. The van der Waals surface area contributed by atoms with E-state index >= 15 is 0 Å². The lowest BCUT2D eigenvalue weighted by molar-refractivity contribution is -0.175. The minimum Gasteiger partial charge on any atom is -0.481 e. The third kappa shape index (κ3) is 14.3. The molecule has 0 aromatic heterocycles. The smallest absolute Gasteiger partial charge is 0.313 e. The maximum atomic E-state index is 14.5. The Labute approximate surface area is 370 Å². The van der Waals surface area contributed by atoms with Gasteiger partial charge in [0.15, 0.2) is 0 Å². The predicted octanol–water partition coefficient (Wildman–Crippen LogP) is 8.09. The molecule has 0 spiro atoms. The van der Waals surface area contributed by atoms with Crippen molar-refractivity contribution in [2.75, 3.05) is 26.4 Å². The number of esters is 5. The first-order valence-electron chi connectivity index (χ1n) is 21.4. The molecule has 346 valence electrons. The molecular formula is C49H66O14. The van der Waals surface area contributed by atoms with Crippen molar-refractivity contribution in [3.8, 4) is 0 Å². The quantitative estimate of drug-likeness (QED) is 0.0271. The largest absolute Gasteiger partial charge is 0.481 e. The van der Waals surface area contributed by atoms with Crippen LogP contribution in [0.4, 0.5) is 0 Å². The lowest BCUT2D eigenvalue weighted by Gasteiger charge is -2.44. The molecule has 3 rings (SSSR count). The molecule has 0 amide bonds. The average Bonchev–Trinajstić information content (AvgIpc) is 3.18. The van der Waals surface area contributed by atoms with Crippen molar-refractivity contribution < 1.29 is 67.5 Å². The Morgan fingerprint density at radius 1 is 0.603 bits per heavy atom. The molecule has 14 heteroatoms. The third-order valence-corrected chi connectivity index (χ3v) is 11.2. The van der Waals surface area contributed by atoms with Gasteiger partial charge in [0.1, 0.15) is 38.6 Å². The highest BCUT2D eigenvalue weighted by Gasteiger charge is 2.55. The maximum absolute atomic E-state index is 14.5. The Morgan fingerprint density at radius 2 is 1.06 bits per heavy atom. The summed E-state index contributed by atoms with van der Waals surface area (Å²) in [6.07, 6.45) is -1.61. The number of carboxylic acids is 1. The van der Waals surface area contributed by atoms with E-state index in [0.717, 1.165) is 27.1 Å². The summed E-state index contributed by atoms with van der Waals surface area (Å²) >= 11 is 0. The van der Waals surface area contributed by atoms with Gasteiger partial charge in [-0.15, -0.1) is 0 Å². The second-order valence-corrected chi connectivity index (χ2v) is 19.0. The van der Waals surface area contributed by atoms with E-state index in [1.165, 1.54) is 48.5 Å². The Morgan fingerprint density at radius 3 is 1.56 bits per heavy atom. The van der Waals surface area contributed by atoms with E-state index < -0.39 is 94.4 Å². The summed E-state index contributed by atoms with van der Waals surface area (Å²) < 4.78 is 28.1. The van der Waals surface area contributed by atoms with Crippen molar-refractivity contribution in [2.45, 2.75) is 127 Å². The number of Topliss-reactive ketones (excluding diaryl/α,β-unsaturated/α-hetero) is 1. The van der Waals surface area contributed by atoms with Crippen LogP contribution < -0.4 is 0 Å². The van der Waals surface area contributed by atoms with E-state index in [1.807, 2.05) is 55.5 Å². The highest BCUT2D eigenvalue weighted by atomic mass is 16.6. The van der Waals surface area contributed by atoms with Crippen molar-refractivity contribution in [1.82, 2.24) is 0 Å². The number of carboxylic acid groups (broad SMARTS) is 1. The molecule has 4 atom stereocenters.